The van der Waals surface area contributed by atoms with Crippen LogP contribution in [0.15, 0.2) is 51.6 Å². The fourth-order valence-corrected chi connectivity index (χ4v) is 3.41. The Morgan fingerprint density at radius 3 is 2.69 bits per heavy atom. The minimum Gasteiger partial charge on any atom is -0.461 e. The quantitative estimate of drug-likeness (QED) is 0.658. The predicted molar refractivity (Wildman–Crippen MR) is 95.3 cm³/mol. The van der Waals surface area contributed by atoms with Gasteiger partial charge in [0.1, 0.15) is 6.10 Å². The first-order valence-corrected chi connectivity index (χ1v) is 8.73. The van der Waals surface area contributed by atoms with Crippen molar-refractivity contribution in [2.75, 3.05) is 19.7 Å². The largest absolute Gasteiger partial charge is 0.461 e. The average molecular weight is 393 g/mol. The van der Waals surface area contributed by atoms with Crippen LogP contribution in [0.3, 0.4) is 0 Å². The minimum absolute atomic E-state index is 0.223. The second-order valence-electron chi connectivity index (χ2n) is 5.87. The van der Waals surface area contributed by atoms with Gasteiger partial charge in [0.15, 0.2) is 11.5 Å². The minimum atomic E-state index is -0.305. The van der Waals surface area contributed by atoms with E-state index in [0.717, 1.165) is 5.56 Å². The van der Waals surface area contributed by atoms with Crippen molar-refractivity contribution >= 4 is 29.1 Å². The fourth-order valence-electron chi connectivity index (χ4n) is 2.87. The van der Waals surface area contributed by atoms with Crippen LogP contribution >= 0.6 is 23.2 Å². The van der Waals surface area contributed by atoms with Crippen LogP contribution in [-0.2, 0) is 4.74 Å². The van der Waals surface area contributed by atoms with E-state index < -0.39 is 0 Å². The van der Waals surface area contributed by atoms with Gasteiger partial charge < -0.3 is 18.6 Å². The highest BCUT2D eigenvalue weighted by Crippen LogP contribution is 2.29. The molecule has 1 aliphatic heterocycles. The van der Waals surface area contributed by atoms with Gasteiger partial charge >= 0.3 is 0 Å². The molecule has 1 aliphatic rings. The second-order valence-corrected chi connectivity index (χ2v) is 6.74. The zero-order valence-corrected chi connectivity index (χ0v) is 15.0. The van der Waals surface area contributed by atoms with E-state index in [4.69, 9.17) is 36.9 Å². The third kappa shape index (κ3) is 3.49. The summed E-state index contributed by atoms with van der Waals surface area (Å²) in [6.45, 7) is 1.24. The van der Waals surface area contributed by atoms with Crippen molar-refractivity contribution in [3.8, 4) is 11.5 Å². The number of amides is 1. The molecule has 3 aromatic rings. The molecule has 1 aromatic carbocycles. The number of halogens is 2. The van der Waals surface area contributed by atoms with Gasteiger partial charge in [0.05, 0.1) is 19.4 Å². The molecule has 1 saturated heterocycles. The van der Waals surface area contributed by atoms with Gasteiger partial charge in [-0.15, -0.1) is 0 Å². The Morgan fingerprint density at radius 2 is 1.96 bits per heavy atom. The molecule has 1 fully saturated rings. The first kappa shape index (κ1) is 17.1. The number of carbonyl (C=O) groups excluding carboxylic acids is 1. The predicted octanol–water partition coefficient (Wildman–Crippen LogP) is 4.46. The zero-order chi connectivity index (χ0) is 18.1. The van der Waals surface area contributed by atoms with Crippen molar-refractivity contribution in [1.29, 1.82) is 0 Å². The number of aromatic nitrogens is 1. The van der Waals surface area contributed by atoms with Crippen molar-refractivity contribution < 1.29 is 18.5 Å². The van der Waals surface area contributed by atoms with Gasteiger partial charge in [-0.2, -0.15) is 0 Å². The van der Waals surface area contributed by atoms with E-state index in [9.17, 15) is 4.79 Å². The molecular formula is C18H14Cl2N2O4. The molecular weight excluding hydrogens is 379 g/mol. The molecule has 4 rings (SSSR count). The van der Waals surface area contributed by atoms with Crippen molar-refractivity contribution in [1.82, 2.24) is 10.1 Å². The van der Waals surface area contributed by atoms with Gasteiger partial charge in [-0.3, -0.25) is 4.79 Å². The van der Waals surface area contributed by atoms with Crippen LogP contribution in [0.25, 0.3) is 11.5 Å². The standard InChI is InChI=1S/C18H14Cl2N2O4/c19-12-6-11(7-13(20)8-12)17-10-22(3-5-25-17)18(23)14-9-16(26-21-14)15-2-1-4-24-15/h1-2,4,6-9,17H,3,5,10H2/t17-/m1/s1. The lowest BCUT2D eigenvalue weighted by Crippen LogP contribution is -2.42. The summed E-state index contributed by atoms with van der Waals surface area (Å²) in [6, 6.07) is 10.3. The number of hydrogen-bond donors (Lipinski definition) is 0. The highest BCUT2D eigenvalue weighted by atomic mass is 35.5. The summed E-state index contributed by atoms with van der Waals surface area (Å²) in [5.41, 5.74) is 1.05. The van der Waals surface area contributed by atoms with E-state index in [1.54, 1.807) is 41.3 Å². The Bertz CT molecular complexity index is 903. The first-order chi connectivity index (χ1) is 12.6. The summed E-state index contributed by atoms with van der Waals surface area (Å²) < 4.78 is 16.2. The molecule has 0 bridgehead atoms. The Balaban J connectivity index is 1.51. The Morgan fingerprint density at radius 1 is 1.15 bits per heavy atom. The summed E-state index contributed by atoms with van der Waals surface area (Å²) in [5, 5.41) is 4.92. The van der Waals surface area contributed by atoms with E-state index in [-0.39, 0.29) is 17.7 Å². The van der Waals surface area contributed by atoms with E-state index in [0.29, 0.717) is 41.3 Å². The van der Waals surface area contributed by atoms with Crippen LogP contribution in [-0.4, -0.2) is 35.7 Å². The molecule has 8 heteroatoms. The Hall–Kier alpha value is -2.28. The fraction of sp³-hybridized carbons (Fsp3) is 0.222. The lowest BCUT2D eigenvalue weighted by atomic mass is 10.1. The van der Waals surface area contributed by atoms with Crippen LogP contribution in [0.2, 0.25) is 10.0 Å². The molecule has 0 spiro atoms. The number of benzene rings is 1. The SMILES string of the molecule is O=C(c1cc(-c2ccco2)on1)N1CCO[C@@H](c2cc(Cl)cc(Cl)c2)C1. The molecule has 26 heavy (non-hydrogen) atoms. The molecule has 0 N–H and O–H groups in total. The summed E-state index contributed by atoms with van der Waals surface area (Å²) >= 11 is 12.1. The number of furan rings is 1. The van der Waals surface area contributed by atoms with Crippen molar-refractivity contribution in [2.24, 2.45) is 0 Å². The van der Waals surface area contributed by atoms with Gasteiger partial charge in [0, 0.05) is 22.7 Å². The Labute approximate surface area is 159 Å². The second kappa shape index (κ2) is 7.15. The zero-order valence-electron chi connectivity index (χ0n) is 13.5. The normalized spacial score (nSPS) is 17.5. The van der Waals surface area contributed by atoms with Crippen molar-refractivity contribution in [3.05, 3.63) is 64.0 Å². The highest BCUT2D eigenvalue weighted by Gasteiger charge is 2.28. The summed E-state index contributed by atoms with van der Waals surface area (Å²) in [7, 11) is 0. The van der Waals surface area contributed by atoms with E-state index >= 15 is 0 Å². The smallest absolute Gasteiger partial charge is 0.276 e. The molecule has 0 saturated carbocycles. The molecule has 1 atom stereocenters. The van der Waals surface area contributed by atoms with Crippen LogP contribution in [0.4, 0.5) is 0 Å². The maximum absolute atomic E-state index is 12.8. The molecule has 2 aromatic heterocycles. The Kier molecular flexibility index (Phi) is 4.72. The number of carbonyl (C=O) groups is 1. The highest BCUT2D eigenvalue weighted by molar-refractivity contribution is 6.34. The van der Waals surface area contributed by atoms with Gasteiger partial charge in [-0.1, -0.05) is 28.4 Å². The maximum Gasteiger partial charge on any atom is 0.276 e. The lowest BCUT2D eigenvalue weighted by Gasteiger charge is -2.32. The molecule has 3 heterocycles. The molecule has 0 unspecified atom stereocenters. The molecule has 0 aliphatic carbocycles. The summed E-state index contributed by atoms with van der Waals surface area (Å²) in [5.74, 6) is 0.697. The van der Waals surface area contributed by atoms with E-state index in [1.165, 1.54) is 6.26 Å². The molecule has 0 radical (unpaired) electrons. The van der Waals surface area contributed by atoms with Crippen molar-refractivity contribution in [2.45, 2.75) is 6.10 Å². The monoisotopic (exact) mass is 392 g/mol. The topological polar surface area (TPSA) is 68.7 Å². The molecule has 1 amide bonds. The average Bonchev–Trinajstić information content (AvgIpc) is 3.32. The number of nitrogens with zero attached hydrogens (tertiary/aromatic N) is 2. The number of morpholine rings is 1. The van der Waals surface area contributed by atoms with E-state index in [1.807, 2.05) is 0 Å². The first-order valence-electron chi connectivity index (χ1n) is 7.97. The van der Waals surface area contributed by atoms with Crippen LogP contribution in [0, 0.1) is 0 Å². The third-order valence-electron chi connectivity index (χ3n) is 4.10. The number of ether oxygens (including phenoxy) is 1. The van der Waals surface area contributed by atoms with Crippen molar-refractivity contribution in [3.63, 3.8) is 0 Å². The number of rotatable bonds is 3. The van der Waals surface area contributed by atoms with Crippen LogP contribution in [0.5, 0.6) is 0 Å². The van der Waals surface area contributed by atoms with Gasteiger partial charge in [-0.25, -0.2) is 0 Å². The lowest BCUT2D eigenvalue weighted by molar-refractivity contribution is -0.0231. The number of hydrogen-bond acceptors (Lipinski definition) is 5. The molecule has 6 nitrogen and oxygen atoms in total. The van der Waals surface area contributed by atoms with Gasteiger partial charge in [0.2, 0.25) is 5.76 Å². The summed E-state index contributed by atoms with van der Waals surface area (Å²) in [6.07, 6.45) is 1.22. The van der Waals surface area contributed by atoms with Crippen LogP contribution in [0.1, 0.15) is 22.2 Å². The van der Waals surface area contributed by atoms with Gasteiger partial charge in [0.25, 0.3) is 5.91 Å². The van der Waals surface area contributed by atoms with E-state index in [2.05, 4.69) is 5.16 Å². The van der Waals surface area contributed by atoms with Gasteiger partial charge in [-0.05, 0) is 35.9 Å². The third-order valence-corrected chi connectivity index (χ3v) is 4.54. The maximum atomic E-state index is 12.8. The van der Waals surface area contributed by atoms with Crippen LogP contribution < -0.4 is 0 Å². The molecule has 134 valence electrons. The summed E-state index contributed by atoms with van der Waals surface area (Å²) in [4.78, 5) is 14.4.